The van der Waals surface area contributed by atoms with Crippen LogP contribution in [0.5, 0.6) is 0 Å². The van der Waals surface area contributed by atoms with Crippen molar-refractivity contribution in [2.45, 2.75) is 32.2 Å². The van der Waals surface area contributed by atoms with E-state index in [9.17, 15) is 0 Å². The van der Waals surface area contributed by atoms with Gasteiger partial charge in [0.2, 0.25) is 0 Å². The minimum atomic E-state index is 0.916. The van der Waals surface area contributed by atoms with Crippen molar-refractivity contribution < 1.29 is 0 Å². The third-order valence-corrected chi connectivity index (χ3v) is 4.90. The summed E-state index contributed by atoms with van der Waals surface area (Å²) in [6.07, 6.45) is 5.50. The molecule has 96 valence electrons. The van der Waals surface area contributed by atoms with E-state index in [2.05, 4.69) is 22.4 Å². The summed E-state index contributed by atoms with van der Waals surface area (Å²) >= 11 is 1.78. The molecular formula is C15H20N2S. The van der Waals surface area contributed by atoms with Crippen molar-refractivity contribution in [2.75, 3.05) is 18.8 Å². The molecule has 0 radical (unpaired) electrons. The van der Waals surface area contributed by atoms with Crippen LogP contribution in [-0.2, 0) is 6.54 Å². The zero-order valence-electron chi connectivity index (χ0n) is 10.7. The molecule has 1 aromatic heterocycles. The van der Waals surface area contributed by atoms with E-state index >= 15 is 0 Å². The lowest BCUT2D eigenvalue weighted by molar-refractivity contribution is 0.278. The second-order valence-electron chi connectivity index (χ2n) is 5.18. The summed E-state index contributed by atoms with van der Waals surface area (Å²) in [6, 6.07) is 6.26. The molecule has 0 amide bonds. The van der Waals surface area contributed by atoms with Gasteiger partial charge in [-0.05, 0) is 48.3 Å². The van der Waals surface area contributed by atoms with Crippen LogP contribution in [0.1, 0.15) is 31.2 Å². The third-order valence-electron chi connectivity index (χ3n) is 3.80. The average Bonchev–Trinajstić information content (AvgIpc) is 2.61. The zero-order chi connectivity index (χ0) is 12.4. The Morgan fingerprint density at radius 3 is 2.67 bits per heavy atom. The van der Waals surface area contributed by atoms with Gasteiger partial charge in [-0.1, -0.05) is 25.0 Å². The van der Waals surface area contributed by atoms with E-state index in [-0.39, 0.29) is 0 Å². The minimum Gasteiger partial charge on any atom is -0.398 e. The van der Waals surface area contributed by atoms with Crippen LogP contribution in [0.2, 0.25) is 0 Å². The number of nitrogens with two attached hydrogens (primary N) is 1. The van der Waals surface area contributed by atoms with Crippen molar-refractivity contribution in [1.82, 2.24) is 4.90 Å². The van der Waals surface area contributed by atoms with Crippen LogP contribution in [0.3, 0.4) is 0 Å². The Bertz CT molecular complexity index is 524. The molecule has 1 fully saturated rings. The number of fused-ring (bicyclic) bond motifs is 1. The lowest BCUT2D eigenvalue weighted by Crippen LogP contribution is -2.23. The Balaban J connectivity index is 1.83. The van der Waals surface area contributed by atoms with Gasteiger partial charge in [-0.25, -0.2) is 0 Å². The number of hydrogen-bond donors (Lipinski definition) is 1. The van der Waals surface area contributed by atoms with Gasteiger partial charge in [-0.15, -0.1) is 11.3 Å². The van der Waals surface area contributed by atoms with Gasteiger partial charge in [-0.2, -0.15) is 0 Å². The van der Waals surface area contributed by atoms with E-state index in [0.717, 1.165) is 12.2 Å². The fourth-order valence-electron chi connectivity index (χ4n) is 2.79. The molecule has 1 aliphatic rings. The quantitative estimate of drug-likeness (QED) is 0.831. The standard InChI is InChI=1S/C15H20N2S/c16-14-7-5-6-13-12(11-18-15(13)14)10-17-8-3-1-2-4-9-17/h5-7,11H,1-4,8-10,16H2. The Kier molecular flexibility index (Phi) is 3.52. The first-order valence-corrected chi connectivity index (χ1v) is 7.69. The molecule has 0 atom stereocenters. The second-order valence-corrected chi connectivity index (χ2v) is 6.05. The van der Waals surface area contributed by atoms with Gasteiger partial charge in [0.15, 0.2) is 0 Å². The normalized spacial score (nSPS) is 18.0. The summed E-state index contributed by atoms with van der Waals surface area (Å²) in [5.41, 5.74) is 8.39. The molecule has 2 heterocycles. The van der Waals surface area contributed by atoms with E-state index < -0.39 is 0 Å². The Morgan fingerprint density at radius 2 is 1.89 bits per heavy atom. The first-order valence-electron chi connectivity index (χ1n) is 6.81. The van der Waals surface area contributed by atoms with Crippen LogP contribution < -0.4 is 5.73 Å². The van der Waals surface area contributed by atoms with E-state index in [1.54, 1.807) is 11.3 Å². The van der Waals surface area contributed by atoms with Gasteiger partial charge >= 0.3 is 0 Å². The van der Waals surface area contributed by atoms with Crippen LogP contribution >= 0.6 is 11.3 Å². The molecule has 2 aromatic rings. The third kappa shape index (κ3) is 2.38. The predicted molar refractivity (Wildman–Crippen MR) is 80.0 cm³/mol. The van der Waals surface area contributed by atoms with Crippen LogP contribution in [0.25, 0.3) is 10.1 Å². The summed E-state index contributed by atoms with van der Waals surface area (Å²) in [6.45, 7) is 3.59. The summed E-state index contributed by atoms with van der Waals surface area (Å²) in [5.74, 6) is 0. The van der Waals surface area contributed by atoms with Gasteiger partial charge in [0.1, 0.15) is 0 Å². The van der Waals surface area contributed by atoms with Crippen LogP contribution in [0, 0.1) is 0 Å². The average molecular weight is 260 g/mol. The maximum atomic E-state index is 6.02. The van der Waals surface area contributed by atoms with Crippen molar-refractivity contribution in [1.29, 1.82) is 0 Å². The lowest BCUT2D eigenvalue weighted by atomic mass is 10.1. The zero-order valence-corrected chi connectivity index (χ0v) is 11.5. The fraction of sp³-hybridized carbons (Fsp3) is 0.467. The highest BCUT2D eigenvalue weighted by atomic mass is 32.1. The van der Waals surface area contributed by atoms with E-state index in [1.165, 1.54) is 54.4 Å². The summed E-state index contributed by atoms with van der Waals surface area (Å²) in [5, 5.41) is 3.63. The Morgan fingerprint density at radius 1 is 1.11 bits per heavy atom. The molecule has 0 unspecified atom stereocenters. The molecule has 3 heteroatoms. The van der Waals surface area contributed by atoms with Crippen LogP contribution in [-0.4, -0.2) is 18.0 Å². The monoisotopic (exact) mass is 260 g/mol. The van der Waals surface area contributed by atoms with E-state index in [1.807, 2.05) is 6.07 Å². The molecule has 2 nitrogen and oxygen atoms in total. The molecule has 0 saturated carbocycles. The summed E-state index contributed by atoms with van der Waals surface area (Å²) in [7, 11) is 0. The number of benzene rings is 1. The number of hydrogen-bond acceptors (Lipinski definition) is 3. The van der Waals surface area contributed by atoms with Gasteiger partial charge in [0.25, 0.3) is 0 Å². The molecule has 1 aromatic carbocycles. The maximum absolute atomic E-state index is 6.02. The van der Waals surface area contributed by atoms with Gasteiger partial charge < -0.3 is 5.73 Å². The van der Waals surface area contributed by atoms with Crippen LogP contribution in [0.4, 0.5) is 5.69 Å². The molecule has 1 aliphatic heterocycles. The largest absolute Gasteiger partial charge is 0.398 e. The Labute approximate surface area is 112 Å². The number of nitrogens with zero attached hydrogens (tertiary/aromatic N) is 1. The number of anilines is 1. The molecule has 0 bridgehead atoms. The van der Waals surface area contributed by atoms with Crippen molar-refractivity contribution in [3.8, 4) is 0 Å². The highest BCUT2D eigenvalue weighted by molar-refractivity contribution is 7.18. The van der Waals surface area contributed by atoms with Crippen molar-refractivity contribution in [3.63, 3.8) is 0 Å². The molecule has 0 aliphatic carbocycles. The van der Waals surface area contributed by atoms with Gasteiger partial charge in [-0.3, -0.25) is 4.90 Å². The number of rotatable bonds is 2. The molecule has 18 heavy (non-hydrogen) atoms. The first kappa shape index (κ1) is 12.0. The van der Waals surface area contributed by atoms with Crippen molar-refractivity contribution >= 4 is 27.1 Å². The number of thiophene rings is 1. The molecule has 2 N–H and O–H groups in total. The van der Waals surface area contributed by atoms with Crippen molar-refractivity contribution in [3.05, 3.63) is 29.1 Å². The highest BCUT2D eigenvalue weighted by Crippen LogP contribution is 2.31. The number of likely N-dealkylation sites (tertiary alicyclic amines) is 1. The fourth-order valence-corrected chi connectivity index (χ4v) is 3.78. The van der Waals surface area contributed by atoms with Gasteiger partial charge in [0, 0.05) is 12.2 Å². The summed E-state index contributed by atoms with van der Waals surface area (Å²) < 4.78 is 1.25. The lowest BCUT2D eigenvalue weighted by Gasteiger charge is -2.19. The second kappa shape index (κ2) is 5.29. The molecule has 3 rings (SSSR count). The smallest absolute Gasteiger partial charge is 0.0575 e. The SMILES string of the molecule is Nc1cccc2c(CN3CCCCCC3)csc12. The predicted octanol–water partition coefficient (Wildman–Crippen LogP) is 3.86. The molecule has 1 saturated heterocycles. The number of nitrogen functional groups attached to an aromatic ring is 1. The van der Waals surface area contributed by atoms with E-state index in [0.29, 0.717) is 0 Å². The minimum absolute atomic E-state index is 0.916. The van der Waals surface area contributed by atoms with Crippen molar-refractivity contribution in [2.24, 2.45) is 0 Å². The maximum Gasteiger partial charge on any atom is 0.0575 e. The first-order chi connectivity index (χ1) is 8.84. The van der Waals surface area contributed by atoms with E-state index in [4.69, 9.17) is 5.73 Å². The summed E-state index contributed by atoms with van der Waals surface area (Å²) in [4.78, 5) is 2.59. The molecule has 0 spiro atoms. The molecular weight excluding hydrogens is 240 g/mol. The van der Waals surface area contributed by atoms with Crippen LogP contribution in [0.15, 0.2) is 23.6 Å². The topological polar surface area (TPSA) is 29.3 Å². The highest BCUT2D eigenvalue weighted by Gasteiger charge is 2.12. The Hall–Kier alpha value is -1.06. The van der Waals surface area contributed by atoms with Gasteiger partial charge in [0.05, 0.1) is 4.70 Å².